The molecule has 0 aromatic rings. The molecule has 1 heterocycles. The van der Waals surface area contributed by atoms with E-state index in [0.717, 1.165) is 32.1 Å². The molecule has 1 saturated heterocycles. The van der Waals surface area contributed by atoms with E-state index >= 15 is 0 Å². The second kappa shape index (κ2) is 4.64. The van der Waals surface area contributed by atoms with Crippen molar-refractivity contribution >= 4 is 11.9 Å². The maximum Gasteiger partial charge on any atom is 0.305 e. The fraction of sp³-hybridized carbons (Fsp3) is 0.833. The highest BCUT2D eigenvalue weighted by molar-refractivity contribution is 5.79. The molecule has 2 rings (SSSR count). The molecule has 0 spiro atoms. The fourth-order valence-corrected chi connectivity index (χ4v) is 2.79. The van der Waals surface area contributed by atoms with Gasteiger partial charge in [-0.3, -0.25) is 9.59 Å². The van der Waals surface area contributed by atoms with Crippen LogP contribution in [-0.4, -0.2) is 40.0 Å². The molecule has 0 aromatic heterocycles. The second-order valence-electron chi connectivity index (χ2n) is 5.37. The van der Waals surface area contributed by atoms with Crippen LogP contribution in [0.4, 0.5) is 0 Å². The topological polar surface area (TPSA) is 83.6 Å². The summed E-state index contributed by atoms with van der Waals surface area (Å²) in [5.41, 5.74) is 5.74. The van der Waals surface area contributed by atoms with E-state index in [2.05, 4.69) is 0 Å². The first-order valence-electron chi connectivity index (χ1n) is 6.30. The largest absolute Gasteiger partial charge is 0.481 e. The van der Waals surface area contributed by atoms with Crippen LogP contribution < -0.4 is 5.73 Å². The lowest BCUT2D eigenvalue weighted by atomic mass is 9.75. The Morgan fingerprint density at radius 1 is 1.35 bits per heavy atom. The first-order valence-corrected chi connectivity index (χ1v) is 6.30. The standard InChI is InChI=1S/C12H20N2O3/c13-12(4-2-5-12)8-10(15)14-6-1-3-9(14)7-11(16)17/h9H,1-8,13H2,(H,16,17). The van der Waals surface area contributed by atoms with Crippen molar-refractivity contribution in [2.75, 3.05) is 6.54 Å². The number of carboxylic acids is 1. The van der Waals surface area contributed by atoms with E-state index in [4.69, 9.17) is 10.8 Å². The van der Waals surface area contributed by atoms with Gasteiger partial charge < -0.3 is 15.7 Å². The summed E-state index contributed by atoms with van der Waals surface area (Å²) >= 11 is 0. The minimum absolute atomic E-state index is 0.0379. The predicted octanol–water partition coefficient (Wildman–Crippen LogP) is 0.724. The molecule has 5 heteroatoms. The normalized spacial score (nSPS) is 26.6. The molecule has 5 nitrogen and oxygen atoms in total. The van der Waals surface area contributed by atoms with E-state index in [1.54, 1.807) is 4.90 Å². The molecule has 1 amide bonds. The van der Waals surface area contributed by atoms with E-state index in [9.17, 15) is 9.59 Å². The zero-order valence-electron chi connectivity index (χ0n) is 10.0. The van der Waals surface area contributed by atoms with Crippen LogP contribution in [0.3, 0.4) is 0 Å². The minimum atomic E-state index is -0.833. The fourth-order valence-electron chi connectivity index (χ4n) is 2.79. The summed E-state index contributed by atoms with van der Waals surface area (Å²) in [5.74, 6) is -0.795. The first-order chi connectivity index (χ1) is 8.00. The van der Waals surface area contributed by atoms with Gasteiger partial charge in [-0.1, -0.05) is 0 Å². The highest BCUT2D eigenvalue weighted by Crippen LogP contribution is 2.33. The average molecular weight is 240 g/mol. The molecule has 17 heavy (non-hydrogen) atoms. The number of carbonyl (C=O) groups excluding carboxylic acids is 1. The number of hydrogen-bond donors (Lipinski definition) is 2. The smallest absolute Gasteiger partial charge is 0.305 e. The number of aliphatic carboxylic acids is 1. The van der Waals surface area contributed by atoms with Gasteiger partial charge in [-0.25, -0.2) is 0 Å². The Morgan fingerprint density at radius 3 is 2.59 bits per heavy atom. The van der Waals surface area contributed by atoms with Crippen molar-refractivity contribution in [1.82, 2.24) is 4.90 Å². The Labute approximate surface area is 101 Å². The molecular formula is C12H20N2O3. The highest BCUT2D eigenvalue weighted by Gasteiger charge is 2.38. The SMILES string of the molecule is NC1(CC(=O)N2CCCC2CC(=O)O)CCC1. The third kappa shape index (κ3) is 2.77. The summed E-state index contributed by atoms with van der Waals surface area (Å²) in [6.45, 7) is 0.687. The third-order valence-electron chi connectivity index (χ3n) is 3.96. The average Bonchev–Trinajstić information content (AvgIpc) is 2.62. The minimum Gasteiger partial charge on any atom is -0.481 e. The molecule has 0 bridgehead atoms. The lowest BCUT2D eigenvalue weighted by Gasteiger charge is -2.39. The Balaban J connectivity index is 1.91. The molecular weight excluding hydrogens is 220 g/mol. The van der Waals surface area contributed by atoms with Crippen LogP contribution in [0.2, 0.25) is 0 Å². The molecule has 2 aliphatic rings. The van der Waals surface area contributed by atoms with Gasteiger partial charge in [-0.15, -0.1) is 0 Å². The van der Waals surface area contributed by atoms with Crippen molar-refractivity contribution in [1.29, 1.82) is 0 Å². The van der Waals surface area contributed by atoms with E-state index in [1.165, 1.54) is 0 Å². The van der Waals surface area contributed by atoms with Crippen molar-refractivity contribution in [2.24, 2.45) is 5.73 Å². The summed E-state index contributed by atoms with van der Waals surface area (Å²) in [7, 11) is 0. The van der Waals surface area contributed by atoms with Gasteiger partial charge in [0.05, 0.1) is 6.42 Å². The summed E-state index contributed by atoms with van der Waals surface area (Å²) in [6, 6.07) is -0.122. The maximum atomic E-state index is 12.1. The Hall–Kier alpha value is -1.10. The summed E-state index contributed by atoms with van der Waals surface area (Å²) in [6.07, 6.45) is 5.07. The van der Waals surface area contributed by atoms with Crippen molar-refractivity contribution < 1.29 is 14.7 Å². The molecule has 0 radical (unpaired) electrons. The van der Waals surface area contributed by atoms with Crippen molar-refractivity contribution in [3.05, 3.63) is 0 Å². The van der Waals surface area contributed by atoms with Crippen LogP contribution in [0.15, 0.2) is 0 Å². The van der Waals surface area contributed by atoms with Gasteiger partial charge in [-0.2, -0.15) is 0 Å². The molecule has 1 aliphatic heterocycles. The monoisotopic (exact) mass is 240 g/mol. The quantitative estimate of drug-likeness (QED) is 0.758. The number of rotatable bonds is 4. The van der Waals surface area contributed by atoms with Gasteiger partial charge in [0.15, 0.2) is 0 Å². The number of carboxylic acid groups (broad SMARTS) is 1. The van der Waals surface area contributed by atoms with Crippen LogP contribution in [0.5, 0.6) is 0 Å². The summed E-state index contributed by atoms with van der Waals surface area (Å²) < 4.78 is 0. The van der Waals surface area contributed by atoms with Gasteiger partial charge >= 0.3 is 5.97 Å². The Kier molecular flexibility index (Phi) is 3.38. The van der Waals surface area contributed by atoms with E-state index in [-0.39, 0.29) is 23.9 Å². The Morgan fingerprint density at radius 2 is 2.06 bits per heavy atom. The zero-order valence-corrected chi connectivity index (χ0v) is 10.0. The Bertz CT molecular complexity index is 326. The predicted molar refractivity (Wildman–Crippen MR) is 62.4 cm³/mol. The third-order valence-corrected chi connectivity index (χ3v) is 3.96. The lowest BCUT2D eigenvalue weighted by Crippen LogP contribution is -2.51. The van der Waals surface area contributed by atoms with Gasteiger partial charge in [0, 0.05) is 24.5 Å². The molecule has 1 atom stereocenters. The van der Waals surface area contributed by atoms with Gasteiger partial charge in [0.25, 0.3) is 0 Å². The van der Waals surface area contributed by atoms with E-state index in [0.29, 0.717) is 13.0 Å². The van der Waals surface area contributed by atoms with Crippen LogP contribution in [0, 0.1) is 0 Å². The highest BCUT2D eigenvalue weighted by atomic mass is 16.4. The van der Waals surface area contributed by atoms with Gasteiger partial charge in [-0.05, 0) is 32.1 Å². The molecule has 2 fully saturated rings. The van der Waals surface area contributed by atoms with Crippen LogP contribution in [0.1, 0.15) is 44.9 Å². The number of carbonyl (C=O) groups is 2. The number of amides is 1. The van der Waals surface area contributed by atoms with Gasteiger partial charge in [0.1, 0.15) is 0 Å². The lowest BCUT2D eigenvalue weighted by molar-refractivity contribution is -0.140. The van der Waals surface area contributed by atoms with Crippen LogP contribution in [-0.2, 0) is 9.59 Å². The van der Waals surface area contributed by atoms with Gasteiger partial charge in [0.2, 0.25) is 5.91 Å². The molecule has 1 aliphatic carbocycles. The number of nitrogens with zero attached hydrogens (tertiary/aromatic N) is 1. The van der Waals surface area contributed by atoms with Crippen molar-refractivity contribution in [2.45, 2.75) is 56.5 Å². The maximum absolute atomic E-state index is 12.1. The molecule has 96 valence electrons. The summed E-state index contributed by atoms with van der Waals surface area (Å²) in [5, 5.41) is 8.80. The van der Waals surface area contributed by atoms with Crippen molar-refractivity contribution in [3.63, 3.8) is 0 Å². The number of nitrogens with two attached hydrogens (primary N) is 1. The molecule has 1 saturated carbocycles. The first kappa shape index (κ1) is 12.4. The van der Waals surface area contributed by atoms with Crippen LogP contribution in [0.25, 0.3) is 0 Å². The van der Waals surface area contributed by atoms with E-state index in [1.807, 2.05) is 0 Å². The number of hydrogen-bond acceptors (Lipinski definition) is 3. The summed E-state index contributed by atoms with van der Waals surface area (Å²) in [4.78, 5) is 24.5. The number of likely N-dealkylation sites (tertiary alicyclic amines) is 1. The second-order valence-corrected chi connectivity index (χ2v) is 5.37. The van der Waals surface area contributed by atoms with Crippen molar-refractivity contribution in [3.8, 4) is 0 Å². The zero-order chi connectivity index (χ0) is 12.5. The molecule has 0 aromatic carbocycles. The van der Waals surface area contributed by atoms with E-state index < -0.39 is 5.97 Å². The molecule has 1 unspecified atom stereocenters. The molecule has 3 N–H and O–H groups in total. The van der Waals surface area contributed by atoms with Crippen LogP contribution >= 0.6 is 0 Å².